The van der Waals surface area contributed by atoms with Crippen LogP contribution >= 0.6 is 0 Å². The molecule has 0 aliphatic carbocycles. The minimum Gasteiger partial charge on any atom is -0.468 e. The number of nitrogens with one attached hydrogen (secondary N) is 1. The Hall–Kier alpha value is -1.14. The van der Waals surface area contributed by atoms with E-state index < -0.39 is 6.04 Å². The van der Waals surface area contributed by atoms with Crippen molar-refractivity contribution in [3.05, 3.63) is 0 Å². The van der Waals surface area contributed by atoms with Gasteiger partial charge in [0.25, 0.3) is 0 Å². The van der Waals surface area contributed by atoms with Gasteiger partial charge in [-0.15, -0.1) is 0 Å². The van der Waals surface area contributed by atoms with Gasteiger partial charge >= 0.3 is 5.97 Å². The summed E-state index contributed by atoms with van der Waals surface area (Å²) in [6.07, 6.45) is 2.78. The van der Waals surface area contributed by atoms with Crippen LogP contribution in [0, 0.1) is 0 Å². The third kappa shape index (κ3) is 2.81. The van der Waals surface area contributed by atoms with E-state index in [9.17, 15) is 9.59 Å². The highest BCUT2D eigenvalue weighted by Crippen LogP contribution is 2.18. The highest BCUT2D eigenvalue weighted by molar-refractivity contribution is 5.83. The van der Waals surface area contributed by atoms with Gasteiger partial charge in [0.15, 0.2) is 0 Å². The Kier molecular flexibility index (Phi) is 4.54. The number of nitrogens with zero attached hydrogens (tertiary/aromatic N) is 1. The molecule has 2 atom stereocenters. The molecule has 6 nitrogen and oxygen atoms in total. The molecular formula is C12H20N2O4. The molecule has 0 radical (unpaired) electrons. The molecular weight excluding hydrogens is 236 g/mol. The minimum atomic E-state index is -0.461. The molecule has 0 aromatic rings. The molecule has 0 bridgehead atoms. The summed E-state index contributed by atoms with van der Waals surface area (Å²) in [7, 11) is 1.36. The summed E-state index contributed by atoms with van der Waals surface area (Å²) in [5.41, 5.74) is 0. The molecule has 2 aliphatic rings. The lowest BCUT2D eigenvalue weighted by atomic mass is 10.1. The Labute approximate surface area is 107 Å². The summed E-state index contributed by atoms with van der Waals surface area (Å²) in [6.45, 7) is 2.17. The third-order valence-corrected chi connectivity index (χ3v) is 3.55. The van der Waals surface area contributed by atoms with Gasteiger partial charge in [-0.2, -0.15) is 0 Å². The maximum absolute atomic E-state index is 12.0. The van der Waals surface area contributed by atoms with E-state index in [4.69, 9.17) is 9.47 Å². The standard InChI is InChI=1S/C12H20N2O4/c1-17-12(16)10-8-18-7-6-14(10)9-4-2-3-5-13-11(9)15/h9-10H,2-8H2,1H3,(H,13,15). The second-order valence-electron chi connectivity index (χ2n) is 4.65. The zero-order valence-electron chi connectivity index (χ0n) is 10.7. The molecule has 1 N–H and O–H groups in total. The first kappa shape index (κ1) is 13.3. The summed E-state index contributed by atoms with van der Waals surface area (Å²) in [5.74, 6) is -0.310. The SMILES string of the molecule is COC(=O)C1COCCN1C1CCCCNC1=O. The number of esters is 1. The molecule has 0 aromatic carbocycles. The normalized spacial score (nSPS) is 30.4. The second-order valence-corrected chi connectivity index (χ2v) is 4.65. The maximum Gasteiger partial charge on any atom is 0.325 e. The fraction of sp³-hybridized carbons (Fsp3) is 0.833. The number of hydrogen-bond donors (Lipinski definition) is 1. The van der Waals surface area contributed by atoms with E-state index in [0.29, 0.717) is 19.8 Å². The Morgan fingerprint density at radius 2 is 2.33 bits per heavy atom. The average molecular weight is 256 g/mol. The Bertz CT molecular complexity index is 321. The number of methoxy groups -OCH3 is 1. The van der Waals surface area contributed by atoms with Crippen LogP contribution in [0.3, 0.4) is 0 Å². The largest absolute Gasteiger partial charge is 0.468 e. The predicted molar refractivity (Wildman–Crippen MR) is 64.0 cm³/mol. The Morgan fingerprint density at radius 1 is 1.50 bits per heavy atom. The van der Waals surface area contributed by atoms with Gasteiger partial charge in [-0.1, -0.05) is 0 Å². The van der Waals surface area contributed by atoms with Crippen LogP contribution in [0.25, 0.3) is 0 Å². The highest BCUT2D eigenvalue weighted by Gasteiger charge is 2.38. The van der Waals surface area contributed by atoms with Crippen LogP contribution in [-0.2, 0) is 19.1 Å². The molecule has 2 fully saturated rings. The summed E-state index contributed by atoms with van der Waals surface area (Å²) in [4.78, 5) is 25.7. The molecule has 2 rings (SSSR count). The van der Waals surface area contributed by atoms with Crippen molar-refractivity contribution in [2.75, 3.05) is 33.4 Å². The summed E-state index contributed by atoms with van der Waals surface area (Å²) >= 11 is 0. The van der Waals surface area contributed by atoms with Gasteiger partial charge in [-0.3, -0.25) is 14.5 Å². The quantitative estimate of drug-likeness (QED) is 0.676. The van der Waals surface area contributed by atoms with E-state index in [1.54, 1.807) is 0 Å². The van der Waals surface area contributed by atoms with Crippen molar-refractivity contribution in [3.8, 4) is 0 Å². The van der Waals surface area contributed by atoms with E-state index >= 15 is 0 Å². The lowest BCUT2D eigenvalue weighted by Gasteiger charge is -2.38. The van der Waals surface area contributed by atoms with Crippen LogP contribution in [0.5, 0.6) is 0 Å². The fourth-order valence-electron chi connectivity index (χ4n) is 2.57. The lowest BCUT2D eigenvalue weighted by Crippen LogP contribution is -2.58. The van der Waals surface area contributed by atoms with Gasteiger partial charge in [0, 0.05) is 13.1 Å². The van der Waals surface area contributed by atoms with Gasteiger partial charge in [0.05, 0.1) is 26.4 Å². The topological polar surface area (TPSA) is 67.9 Å². The number of carbonyl (C=O) groups is 2. The predicted octanol–water partition coefficient (Wildman–Crippen LogP) is -0.471. The highest BCUT2D eigenvalue weighted by atomic mass is 16.5. The second kappa shape index (κ2) is 6.15. The van der Waals surface area contributed by atoms with E-state index in [0.717, 1.165) is 25.8 Å². The number of rotatable bonds is 2. The Balaban J connectivity index is 2.11. The van der Waals surface area contributed by atoms with Gasteiger partial charge in [0.1, 0.15) is 6.04 Å². The molecule has 0 saturated carbocycles. The van der Waals surface area contributed by atoms with Crippen molar-refractivity contribution in [2.45, 2.75) is 31.3 Å². The van der Waals surface area contributed by atoms with Crippen LogP contribution in [0.4, 0.5) is 0 Å². The van der Waals surface area contributed by atoms with Crippen LogP contribution in [-0.4, -0.2) is 62.3 Å². The summed E-state index contributed by atoms with van der Waals surface area (Å²) in [6, 6.07) is -0.696. The smallest absolute Gasteiger partial charge is 0.325 e. The summed E-state index contributed by atoms with van der Waals surface area (Å²) < 4.78 is 10.1. The van der Waals surface area contributed by atoms with Gasteiger partial charge in [-0.05, 0) is 19.3 Å². The van der Waals surface area contributed by atoms with Crippen LogP contribution in [0.1, 0.15) is 19.3 Å². The van der Waals surface area contributed by atoms with E-state index in [1.807, 2.05) is 4.90 Å². The lowest BCUT2D eigenvalue weighted by molar-refractivity contribution is -0.157. The monoisotopic (exact) mass is 256 g/mol. The van der Waals surface area contributed by atoms with Gasteiger partial charge < -0.3 is 14.8 Å². The molecule has 18 heavy (non-hydrogen) atoms. The Morgan fingerprint density at radius 3 is 3.11 bits per heavy atom. The van der Waals surface area contributed by atoms with Crippen LogP contribution in [0.15, 0.2) is 0 Å². The van der Waals surface area contributed by atoms with Crippen molar-refractivity contribution < 1.29 is 19.1 Å². The maximum atomic E-state index is 12.0. The van der Waals surface area contributed by atoms with Crippen molar-refractivity contribution in [1.82, 2.24) is 10.2 Å². The van der Waals surface area contributed by atoms with Crippen LogP contribution < -0.4 is 5.32 Å². The van der Waals surface area contributed by atoms with Crippen molar-refractivity contribution in [2.24, 2.45) is 0 Å². The first-order valence-corrected chi connectivity index (χ1v) is 6.43. The van der Waals surface area contributed by atoms with Crippen LogP contribution in [0.2, 0.25) is 0 Å². The van der Waals surface area contributed by atoms with E-state index in [2.05, 4.69) is 5.32 Å². The minimum absolute atomic E-state index is 0.0169. The fourth-order valence-corrected chi connectivity index (χ4v) is 2.57. The zero-order chi connectivity index (χ0) is 13.0. The molecule has 0 aromatic heterocycles. The third-order valence-electron chi connectivity index (χ3n) is 3.55. The molecule has 2 aliphatic heterocycles. The molecule has 2 unspecified atom stereocenters. The number of hydrogen-bond acceptors (Lipinski definition) is 5. The number of ether oxygens (including phenoxy) is 2. The molecule has 2 heterocycles. The first-order valence-electron chi connectivity index (χ1n) is 6.43. The number of carbonyl (C=O) groups excluding carboxylic acids is 2. The van der Waals surface area contributed by atoms with Crippen molar-refractivity contribution >= 4 is 11.9 Å². The van der Waals surface area contributed by atoms with Gasteiger partial charge in [-0.25, -0.2) is 0 Å². The molecule has 6 heteroatoms. The van der Waals surface area contributed by atoms with E-state index in [-0.39, 0.29) is 17.9 Å². The summed E-state index contributed by atoms with van der Waals surface area (Å²) in [5, 5.41) is 2.90. The van der Waals surface area contributed by atoms with Crippen molar-refractivity contribution in [1.29, 1.82) is 0 Å². The van der Waals surface area contributed by atoms with E-state index in [1.165, 1.54) is 7.11 Å². The van der Waals surface area contributed by atoms with Crippen molar-refractivity contribution in [3.63, 3.8) is 0 Å². The first-order chi connectivity index (χ1) is 8.74. The average Bonchev–Trinajstić information content (AvgIpc) is 2.62. The number of morpholine rings is 1. The zero-order valence-corrected chi connectivity index (χ0v) is 10.7. The number of amides is 1. The molecule has 2 saturated heterocycles. The molecule has 0 spiro atoms. The van der Waals surface area contributed by atoms with Gasteiger partial charge in [0.2, 0.25) is 5.91 Å². The molecule has 1 amide bonds. The molecule has 102 valence electrons.